The molecule has 0 bridgehead atoms. The topological polar surface area (TPSA) is 55.8 Å². The van der Waals surface area contributed by atoms with Gasteiger partial charge in [-0.25, -0.2) is 4.79 Å². The van der Waals surface area contributed by atoms with Crippen molar-refractivity contribution >= 4 is 21.9 Å². The number of hydrogen-bond donors (Lipinski definition) is 1. The Hall–Kier alpha value is -1.23. The van der Waals surface area contributed by atoms with Crippen LogP contribution in [0.4, 0.5) is 0 Å². The molecule has 2 rings (SSSR count). The van der Waals surface area contributed by atoms with Gasteiger partial charge in [0.2, 0.25) is 0 Å². The Labute approximate surface area is 94.9 Å². The van der Waals surface area contributed by atoms with Gasteiger partial charge in [0.05, 0.1) is 13.7 Å². The number of hydrogen-bond acceptors (Lipinski definition) is 3. The standard InChI is InChI=1S/C10H9BrO4/c1-14-8-6(10(12)13)4-7(11)5-2-3-15-9(5)8/h4H,2-3H2,1H3,(H,12,13). The molecule has 5 heteroatoms. The Morgan fingerprint density at radius 2 is 2.40 bits per heavy atom. The molecule has 0 fully saturated rings. The summed E-state index contributed by atoms with van der Waals surface area (Å²) in [6.45, 7) is 0.563. The van der Waals surface area contributed by atoms with Gasteiger partial charge in [0.15, 0.2) is 11.5 Å². The fourth-order valence-corrected chi connectivity index (χ4v) is 2.26. The van der Waals surface area contributed by atoms with Crippen LogP contribution in [0, 0.1) is 0 Å². The Bertz CT molecular complexity index is 428. The van der Waals surface area contributed by atoms with Crippen LogP contribution in [0.15, 0.2) is 10.5 Å². The molecule has 4 nitrogen and oxygen atoms in total. The average molecular weight is 273 g/mol. The molecule has 0 amide bonds. The molecule has 1 aromatic rings. The molecule has 0 saturated heterocycles. The fraction of sp³-hybridized carbons (Fsp3) is 0.300. The summed E-state index contributed by atoms with van der Waals surface area (Å²) in [4.78, 5) is 11.0. The van der Waals surface area contributed by atoms with Gasteiger partial charge in [-0.05, 0) is 6.07 Å². The number of benzene rings is 1. The maximum atomic E-state index is 11.0. The van der Waals surface area contributed by atoms with Crippen molar-refractivity contribution < 1.29 is 19.4 Å². The van der Waals surface area contributed by atoms with Crippen molar-refractivity contribution in [1.29, 1.82) is 0 Å². The van der Waals surface area contributed by atoms with E-state index in [4.69, 9.17) is 14.6 Å². The van der Waals surface area contributed by atoms with E-state index < -0.39 is 5.97 Å². The third-order valence-electron chi connectivity index (χ3n) is 2.32. The normalized spacial score (nSPS) is 13.2. The Morgan fingerprint density at radius 3 is 3.00 bits per heavy atom. The van der Waals surface area contributed by atoms with Crippen LogP contribution < -0.4 is 9.47 Å². The van der Waals surface area contributed by atoms with Crippen molar-refractivity contribution in [2.45, 2.75) is 6.42 Å². The van der Waals surface area contributed by atoms with Crippen LogP contribution in [-0.4, -0.2) is 24.8 Å². The summed E-state index contributed by atoms with van der Waals surface area (Å²) in [5.74, 6) is -0.173. The molecule has 1 heterocycles. The maximum absolute atomic E-state index is 11.0. The van der Waals surface area contributed by atoms with Gasteiger partial charge in [0.25, 0.3) is 0 Å². The molecule has 1 aliphatic heterocycles. The fourth-order valence-electron chi connectivity index (χ4n) is 1.65. The molecule has 0 radical (unpaired) electrons. The van der Waals surface area contributed by atoms with Crippen molar-refractivity contribution in [2.75, 3.05) is 13.7 Å². The zero-order valence-corrected chi connectivity index (χ0v) is 9.63. The number of carboxylic acid groups (broad SMARTS) is 1. The lowest BCUT2D eigenvalue weighted by atomic mass is 10.1. The van der Waals surface area contributed by atoms with E-state index in [9.17, 15) is 4.79 Å². The minimum Gasteiger partial charge on any atom is -0.492 e. The first-order valence-electron chi connectivity index (χ1n) is 4.40. The second-order valence-corrected chi connectivity index (χ2v) is 4.00. The zero-order valence-electron chi connectivity index (χ0n) is 8.04. The molecule has 0 aromatic heterocycles. The predicted molar refractivity (Wildman–Crippen MR) is 56.9 cm³/mol. The lowest BCUT2D eigenvalue weighted by Gasteiger charge is -2.11. The van der Waals surface area contributed by atoms with Crippen LogP contribution in [0.2, 0.25) is 0 Å². The van der Waals surface area contributed by atoms with Crippen molar-refractivity contribution in [2.24, 2.45) is 0 Å². The molecule has 1 N–H and O–H groups in total. The van der Waals surface area contributed by atoms with E-state index in [0.717, 1.165) is 16.5 Å². The number of carbonyl (C=O) groups is 1. The number of carboxylic acids is 1. The number of rotatable bonds is 2. The summed E-state index contributed by atoms with van der Waals surface area (Å²) in [5.41, 5.74) is 1.09. The smallest absolute Gasteiger partial charge is 0.339 e. The lowest BCUT2D eigenvalue weighted by molar-refractivity contribution is 0.0692. The minimum atomic E-state index is -1.02. The van der Waals surface area contributed by atoms with E-state index in [-0.39, 0.29) is 5.56 Å². The van der Waals surface area contributed by atoms with Crippen LogP contribution in [0.25, 0.3) is 0 Å². The van der Waals surface area contributed by atoms with Gasteiger partial charge in [-0.1, -0.05) is 15.9 Å². The molecule has 80 valence electrons. The molecule has 1 aliphatic rings. The van der Waals surface area contributed by atoms with Crippen molar-refractivity contribution in [3.8, 4) is 11.5 Å². The summed E-state index contributed by atoms with van der Waals surface area (Å²) in [6, 6.07) is 1.55. The molecule has 1 aromatic carbocycles. The highest BCUT2D eigenvalue weighted by molar-refractivity contribution is 9.10. The highest BCUT2D eigenvalue weighted by atomic mass is 79.9. The maximum Gasteiger partial charge on any atom is 0.339 e. The van der Waals surface area contributed by atoms with Gasteiger partial charge in [0.1, 0.15) is 5.56 Å². The number of aromatic carboxylic acids is 1. The predicted octanol–water partition coefficient (Wildman–Crippen LogP) is 2.09. The molecule has 15 heavy (non-hydrogen) atoms. The third-order valence-corrected chi connectivity index (χ3v) is 3.02. The number of methoxy groups -OCH3 is 1. The first kappa shape index (κ1) is 10.3. The summed E-state index contributed by atoms with van der Waals surface area (Å²) in [7, 11) is 1.44. The second-order valence-electron chi connectivity index (χ2n) is 3.15. The van der Waals surface area contributed by atoms with Gasteiger partial charge >= 0.3 is 5.97 Å². The largest absolute Gasteiger partial charge is 0.492 e. The molecular formula is C10H9BrO4. The quantitative estimate of drug-likeness (QED) is 0.896. The van der Waals surface area contributed by atoms with Crippen LogP contribution >= 0.6 is 15.9 Å². The average Bonchev–Trinajstić information content (AvgIpc) is 2.66. The van der Waals surface area contributed by atoms with Crippen LogP contribution in [0.3, 0.4) is 0 Å². The van der Waals surface area contributed by atoms with Crippen LogP contribution in [0.1, 0.15) is 15.9 Å². The monoisotopic (exact) mass is 272 g/mol. The molecule has 0 unspecified atom stereocenters. The van der Waals surface area contributed by atoms with Crippen molar-refractivity contribution in [3.63, 3.8) is 0 Å². The molecule has 0 atom stereocenters. The summed E-state index contributed by atoms with van der Waals surface area (Å²) < 4.78 is 11.2. The number of fused-ring (bicyclic) bond motifs is 1. The van der Waals surface area contributed by atoms with E-state index in [2.05, 4.69) is 15.9 Å². The zero-order chi connectivity index (χ0) is 11.0. The van der Waals surface area contributed by atoms with Crippen LogP contribution in [-0.2, 0) is 6.42 Å². The van der Waals surface area contributed by atoms with Gasteiger partial charge < -0.3 is 14.6 Å². The highest BCUT2D eigenvalue weighted by Crippen LogP contribution is 2.42. The molecule has 0 aliphatic carbocycles. The minimum absolute atomic E-state index is 0.116. The Balaban J connectivity index is 2.68. The third kappa shape index (κ3) is 1.56. The SMILES string of the molecule is COc1c(C(=O)O)cc(Br)c2c1OCC2. The summed E-state index contributed by atoms with van der Waals surface area (Å²) in [5, 5.41) is 9.00. The second kappa shape index (κ2) is 3.73. The number of halogens is 1. The lowest BCUT2D eigenvalue weighted by Crippen LogP contribution is -2.02. The van der Waals surface area contributed by atoms with E-state index in [0.29, 0.717) is 18.1 Å². The summed E-state index contributed by atoms with van der Waals surface area (Å²) >= 11 is 3.33. The van der Waals surface area contributed by atoms with Crippen LogP contribution in [0.5, 0.6) is 11.5 Å². The first-order valence-corrected chi connectivity index (χ1v) is 5.20. The summed E-state index contributed by atoms with van der Waals surface area (Å²) in [6.07, 6.45) is 0.770. The number of ether oxygens (including phenoxy) is 2. The molecular weight excluding hydrogens is 264 g/mol. The van der Waals surface area contributed by atoms with E-state index in [1.54, 1.807) is 6.07 Å². The highest BCUT2D eigenvalue weighted by Gasteiger charge is 2.26. The van der Waals surface area contributed by atoms with E-state index in [1.165, 1.54) is 7.11 Å². The Morgan fingerprint density at radius 1 is 1.67 bits per heavy atom. The van der Waals surface area contributed by atoms with Gasteiger partial charge in [0, 0.05) is 16.5 Å². The van der Waals surface area contributed by atoms with Gasteiger partial charge in [-0.2, -0.15) is 0 Å². The molecule has 0 saturated carbocycles. The molecule has 0 spiro atoms. The van der Waals surface area contributed by atoms with E-state index in [1.807, 2.05) is 0 Å². The van der Waals surface area contributed by atoms with Crippen molar-refractivity contribution in [1.82, 2.24) is 0 Å². The van der Waals surface area contributed by atoms with Gasteiger partial charge in [-0.15, -0.1) is 0 Å². The Kier molecular flexibility index (Phi) is 2.56. The van der Waals surface area contributed by atoms with Gasteiger partial charge in [-0.3, -0.25) is 0 Å². The van der Waals surface area contributed by atoms with E-state index >= 15 is 0 Å². The first-order chi connectivity index (χ1) is 7.15. The van der Waals surface area contributed by atoms with Crippen molar-refractivity contribution in [3.05, 3.63) is 21.7 Å².